The minimum Gasteiger partial charge on any atom is -0.428 e. The number of ether oxygens (including phenoxy) is 1. The third-order valence-electron chi connectivity index (χ3n) is 8.23. The van der Waals surface area contributed by atoms with Crippen LogP contribution in [0.5, 0.6) is 0 Å². The molecule has 1 aromatic heterocycles. The highest BCUT2D eigenvalue weighted by molar-refractivity contribution is 7.17. The average molecular weight is 551 g/mol. The van der Waals surface area contributed by atoms with Crippen LogP contribution in [0.15, 0.2) is 41.8 Å². The lowest BCUT2D eigenvalue weighted by Crippen LogP contribution is -2.47. The fourth-order valence-corrected chi connectivity index (χ4v) is 6.78. The third kappa shape index (κ3) is 5.75. The second-order valence-corrected chi connectivity index (χ2v) is 11.7. The molecule has 7 nitrogen and oxygen atoms in total. The molecule has 0 aliphatic carbocycles. The molecule has 0 unspecified atom stereocenters. The van der Waals surface area contributed by atoms with Crippen molar-refractivity contribution in [1.82, 2.24) is 9.80 Å². The van der Waals surface area contributed by atoms with Crippen LogP contribution in [0.4, 0.5) is 20.6 Å². The average Bonchev–Trinajstić information content (AvgIpc) is 3.44. The van der Waals surface area contributed by atoms with E-state index in [4.69, 9.17) is 4.74 Å². The molecule has 0 saturated carbocycles. The Morgan fingerprint density at radius 1 is 0.923 bits per heavy atom. The molecule has 0 N–H and O–H groups in total. The Kier molecular flexibility index (Phi) is 7.70. The molecular formula is C30H35FN4O3S. The quantitative estimate of drug-likeness (QED) is 0.419. The molecule has 3 aliphatic heterocycles. The van der Waals surface area contributed by atoms with Gasteiger partial charge in [-0.15, -0.1) is 11.3 Å². The van der Waals surface area contributed by atoms with Crippen LogP contribution in [0.1, 0.15) is 36.8 Å². The Morgan fingerprint density at radius 2 is 1.74 bits per heavy atom. The number of thiophene rings is 1. The van der Waals surface area contributed by atoms with E-state index in [9.17, 15) is 14.0 Å². The lowest BCUT2D eigenvalue weighted by Gasteiger charge is -2.36. The van der Waals surface area contributed by atoms with Gasteiger partial charge in [-0.05, 0) is 72.9 Å². The first kappa shape index (κ1) is 26.1. The van der Waals surface area contributed by atoms with Gasteiger partial charge in [-0.2, -0.15) is 0 Å². The fraction of sp³-hybridized carbons (Fsp3) is 0.467. The Bertz CT molecular complexity index is 1350. The highest BCUT2D eigenvalue weighted by atomic mass is 32.1. The van der Waals surface area contributed by atoms with Gasteiger partial charge in [0.25, 0.3) is 0 Å². The standard InChI is InChI=1S/C30H35FN4O3S/c31-24-19-27(25-9-17-39-28(25)20-24)33-15-13-32(14-16-33)12-8-22-4-5-23-6-7-29(36)35(26(23)18-22)21-38-30(37)34-10-2-1-3-11-34/h4-5,9,17-20H,1-3,6-8,10-16,21H2. The highest BCUT2D eigenvalue weighted by Gasteiger charge is 2.27. The monoisotopic (exact) mass is 550 g/mol. The number of likely N-dealkylation sites (tertiary alicyclic amines) is 1. The molecule has 0 radical (unpaired) electrons. The molecule has 2 aromatic carbocycles. The molecule has 0 bridgehead atoms. The Balaban J connectivity index is 1.05. The first-order valence-corrected chi connectivity index (χ1v) is 14.9. The first-order chi connectivity index (χ1) is 19.0. The number of halogens is 1. The van der Waals surface area contributed by atoms with Crippen molar-refractivity contribution in [2.75, 3.05) is 62.3 Å². The van der Waals surface area contributed by atoms with Crippen LogP contribution in [0.25, 0.3) is 10.1 Å². The molecule has 39 heavy (non-hydrogen) atoms. The van der Waals surface area contributed by atoms with Gasteiger partial charge in [0.1, 0.15) is 5.82 Å². The van der Waals surface area contributed by atoms with Gasteiger partial charge in [-0.1, -0.05) is 12.1 Å². The van der Waals surface area contributed by atoms with Crippen LogP contribution < -0.4 is 9.80 Å². The zero-order chi connectivity index (χ0) is 26.8. The van der Waals surface area contributed by atoms with Crippen molar-refractivity contribution in [1.29, 1.82) is 0 Å². The molecular weight excluding hydrogens is 515 g/mol. The van der Waals surface area contributed by atoms with E-state index in [1.54, 1.807) is 33.3 Å². The summed E-state index contributed by atoms with van der Waals surface area (Å²) in [5, 5.41) is 3.15. The number of carbonyl (C=O) groups excluding carboxylic acids is 2. The normalized spacial score (nSPS) is 18.5. The second kappa shape index (κ2) is 11.5. The van der Waals surface area contributed by atoms with Crippen molar-refractivity contribution in [3.8, 4) is 0 Å². The number of piperidine rings is 1. The van der Waals surface area contributed by atoms with Gasteiger partial charge in [0.05, 0.1) is 5.69 Å². The maximum atomic E-state index is 14.2. The predicted octanol–water partition coefficient (Wildman–Crippen LogP) is 5.26. The van der Waals surface area contributed by atoms with Gasteiger partial charge < -0.3 is 14.5 Å². The summed E-state index contributed by atoms with van der Waals surface area (Å²) < 4.78 is 20.7. The Morgan fingerprint density at radius 3 is 2.56 bits per heavy atom. The summed E-state index contributed by atoms with van der Waals surface area (Å²) >= 11 is 1.58. The summed E-state index contributed by atoms with van der Waals surface area (Å²) in [6.07, 6.45) is 4.84. The Labute approximate surface area is 232 Å². The van der Waals surface area contributed by atoms with E-state index in [0.29, 0.717) is 12.8 Å². The number of hydrogen-bond donors (Lipinski definition) is 0. The number of nitrogens with zero attached hydrogens (tertiary/aromatic N) is 4. The summed E-state index contributed by atoms with van der Waals surface area (Å²) in [5.41, 5.74) is 4.15. The minimum absolute atomic E-state index is 0.000653. The molecule has 0 atom stereocenters. The zero-order valence-corrected chi connectivity index (χ0v) is 23.1. The van der Waals surface area contributed by atoms with Crippen molar-refractivity contribution in [3.05, 3.63) is 58.7 Å². The van der Waals surface area contributed by atoms with E-state index in [0.717, 1.165) is 98.5 Å². The van der Waals surface area contributed by atoms with Gasteiger partial charge in [-0.3, -0.25) is 14.6 Å². The molecule has 2 amide bonds. The number of anilines is 2. The molecule has 2 saturated heterocycles. The van der Waals surface area contributed by atoms with Crippen molar-refractivity contribution in [3.63, 3.8) is 0 Å². The molecule has 0 spiro atoms. The SMILES string of the molecule is O=C(OCN1C(=O)CCc2ccc(CCN3CCN(c4cc(F)cc5sccc45)CC3)cc21)N1CCCCC1. The van der Waals surface area contributed by atoms with Crippen LogP contribution in [-0.4, -0.2) is 74.3 Å². The smallest absolute Gasteiger partial charge is 0.411 e. The Hall–Kier alpha value is -3.17. The van der Waals surface area contributed by atoms with Gasteiger partial charge >= 0.3 is 6.09 Å². The summed E-state index contributed by atoms with van der Waals surface area (Å²) in [6, 6.07) is 11.7. The second-order valence-electron chi connectivity index (χ2n) is 10.7. The highest BCUT2D eigenvalue weighted by Crippen LogP contribution is 2.33. The van der Waals surface area contributed by atoms with E-state index in [1.807, 2.05) is 5.38 Å². The number of aryl methyl sites for hydroxylation is 1. The van der Waals surface area contributed by atoms with Crippen molar-refractivity contribution >= 4 is 44.8 Å². The van der Waals surface area contributed by atoms with E-state index in [-0.39, 0.29) is 24.5 Å². The van der Waals surface area contributed by atoms with Gasteiger partial charge in [-0.25, -0.2) is 9.18 Å². The van der Waals surface area contributed by atoms with Crippen molar-refractivity contribution in [2.24, 2.45) is 0 Å². The minimum atomic E-state index is -0.331. The van der Waals surface area contributed by atoms with Crippen LogP contribution in [0.3, 0.4) is 0 Å². The first-order valence-electron chi connectivity index (χ1n) is 14.0. The number of hydrogen-bond acceptors (Lipinski definition) is 6. The molecule has 4 heterocycles. The molecule has 2 fully saturated rings. The lowest BCUT2D eigenvalue weighted by molar-refractivity contribution is -0.119. The predicted molar refractivity (Wildman–Crippen MR) is 153 cm³/mol. The van der Waals surface area contributed by atoms with E-state index >= 15 is 0 Å². The topological polar surface area (TPSA) is 56.3 Å². The van der Waals surface area contributed by atoms with E-state index in [1.165, 1.54) is 5.56 Å². The zero-order valence-electron chi connectivity index (χ0n) is 22.2. The van der Waals surface area contributed by atoms with E-state index in [2.05, 4.69) is 34.1 Å². The maximum absolute atomic E-state index is 14.2. The van der Waals surface area contributed by atoms with Crippen LogP contribution in [-0.2, 0) is 22.4 Å². The molecule has 3 aliphatic rings. The summed E-state index contributed by atoms with van der Waals surface area (Å²) in [7, 11) is 0. The van der Waals surface area contributed by atoms with Gasteiger partial charge in [0, 0.05) is 68.0 Å². The lowest BCUT2D eigenvalue weighted by atomic mass is 9.98. The number of amides is 2. The molecule has 9 heteroatoms. The van der Waals surface area contributed by atoms with Crippen LogP contribution in [0.2, 0.25) is 0 Å². The largest absolute Gasteiger partial charge is 0.428 e. The molecule has 3 aromatic rings. The van der Waals surface area contributed by atoms with E-state index < -0.39 is 0 Å². The van der Waals surface area contributed by atoms with Gasteiger partial charge in [0.2, 0.25) is 5.91 Å². The molecule has 206 valence electrons. The third-order valence-corrected chi connectivity index (χ3v) is 9.09. The summed E-state index contributed by atoms with van der Waals surface area (Å²) in [5.74, 6) is -0.178. The van der Waals surface area contributed by atoms with Crippen molar-refractivity contribution < 1.29 is 18.7 Å². The maximum Gasteiger partial charge on any atom is 0.411 e. The van der Waals surface area contributed by atoms with Crippen molar-refractivity contribution in [2.45, 2.75) is 38.5 Å². The molecule has 6 rings (SSSR count). The fourth-order valence-electron chi connectivity index (χ4n) is 5.95. The number of carbonyl (C=O) groups is 2. The summed E-state index contributed by atoms with van der Waals surface area (Å²) in [4.78, 5) is 33.4. The number of benzene rings is 2. The number of piperazine rings is 1. The van der Waals surface area contributed by atoms with Gasteiger partial charge in [0.15, 0.2) is 6.73 Å². The number of rotatable bonds is 6. The number of fused-ring (bicyclic) bond motifs is 2. The summed E-state index contributed by atoms with van der Waals surface area (Å²) in [6.45, 7) is 5.90. The van der Waals surface area contributed by atoms with Crippen LogP contribution >= 0.6 is 11.3 Å². The van der Waals surface area contributed by atoms with Crippen LogP contribution in [0, 0.1) is 5.82 Å².